The van der Waals surface area contributed by atoms with Gasteiger partial charge in [0.05, 0.1) is 83.3 Å². The van der Waals surface area contributed by atoms with Crippen LogP contribution in [-0.2, 0) is 39.3 Å². The zero-order valence-corrected chi connectivity index (χ0v) is 52.5. The molecule has 0 spiro atoms. The average Bonchev–Trinajstić information content (AvgIpc) is 1.44. The Bertz CT molecular complexity index is 6380. The van der Waals surface area contributed by atoms with Crippen molar-refractivity contribution in [3.05, 3.63) is 279 Å². The number of benzene rings is 13. The third kappa shape index (κ3) is 7.24. The first kappa shape index (κ1) is 54.6. The second kappa shape index (κ2) is 19.2. The zero-order chi connectivity index (χ0) is 63.3. The van der Waals surface area contributed by atoms with E-state index >= 15 is 16.8 Å². The molecule has 0 saturated heterocycles. The summed E-state index contributed by atoms with van der Waals surface area (Å²) in [5.74, 6) is 0. The van der Waals surface area contributed by atoms with Crippen LogP contribution in [0.2, 0.25) is 0 Å². The van der Waals surface area contributed by atoms with Crippen molar-refractivity contribution in [3.8, 4) is 45.0 Å². The number of nitrogens with zero attached hydrogens (tertiary/aromatic N) is 4. The molecular formula is C78H46N4O8S4. The molecule has 2 aliphatic rings. The minimum Gasteiger partial charge on any atom is -0.309 e. The maximum absolute atomic E-state index is 15.3. The lowest BCUT2D eigenvalue weighted by Crippen LogP contribution is -2.19. The molecule has 17 aromatic rings. The van der Waals surface area contributed by atoms with Gasteiger partial charge in [0.15, 0.2) is 0 Å². The minimum absolute atomic E-state index is 0.302. The number of para-hydroxylation sites is 6. The lowest BCUT2D eigenvalue weighted by atomic mass is 9.89. The van der Waals surface area contributed by atoms with Gasteiger partial charge in [-0.1, -0.05) is 146 Å². The first-order valence-corrected chi connectivity index (χ1v) is 36.3. The van der Waals surface area contributed by atoms with Gasteiger partial charge in [0.25, 0.3) is 0 Å². The Kier molecular flexibility index (Phi) is 11.2. The highest BCUT2D eigenvalue weighted by Crippen LogP contribution is 2.55. The van der Waals surface area contributed by atoms with Crippen molar-refractivity contribution >= 4 is 127 Å². The molecule has 0 fully saturated rings. The van der Waals surface area contributed by atoms with Gasteiger partial charge in [0.2, 0.25) is 39.3 Å². The van der Waals surface area contributed by atoms with E-state index in [0.29, 0.717) is 44.1 Å². The Balaban J connectivity index is 1.03. The number of hydrogen-bond acceptors (Lipinski definition) is 8. The van der Waals surface area contributed by atoms with E-state index in [0.717, 1.165) is 88.2 Å². The van der Waals surface area contributed by atoms with E-state index in [2.05, 4.69) is 103 Å². The van der Waals surface area contributed by atoms with Gasteiger partial charge in [-0.2, -0.15) is 0 Å². The van der Waals surface area contributed by atoms with Crippen molar-refractivity contribution in [2.75, 3.05) is 0 Å². The molecule has 94 heavy (non-hydrogen) atoms. The fraction of sp³-hybridized carbons (Fsp3) is 0. The maximum atomic E-state index is 15.3. The van der Waals surface area contributed by atoms with Crippen LogP contribution < -0.4 is 0 Å². The predicted octanol–water partition coefficient (Wildman–Crippen LogP) is 17.4. The largest absolute Gasteiger partial charge is 0.309 e. The maximum Gasteiger partial charge on any atom is 0.209 e. The molecule has 19 rings (SSSR count). The van der Waals surface area contributed by atoms with Crippen LogP contribution in [0.5, 0.6) is 0 Å². The van der Waals surface area contributed by atoms with Gasteiger partial charge in [-0.25, -0.2) is 33.7 Å². The SMILES string of the molecule is O=S1(=O)c2ccccc2S(=O)(=O)c2cc(-c3c4c5ccccc5n(-c5ccc6c(c5)c5ccccc5n6-c5ccccc5)c4c(-c4ccc5c(c4)S(=O)(=O)c4ccccc4S5(=O)=O)c4c5ccccc5n(-c5ccc6c(c5)c5ccccc5n6-c5ccccc5)c34)ccc21. The molecule has 16 heteroatoms. The highest BCUT2D eigenvalue weighted by molar-refractivity contribution is 7.98. The van der Waals surface area contributed by atoms with E-state index in [9.17, 15) is 16.8 Å². The third-order valence-corrected chi connectivity index (χ3v) is 27.0. The summed E-state index contributed by atoms with van der Waals surface area (Å²) in [4.78, 5) is -2.71. The van der Waals surface area contributed by atoms with Crippen LogP contribution in [0.3, 0.4) is 0 Å². The van der Waals surface area contributed by atoms with E-state index in [1.807, 2.05) is 109 Å². The molecule has 0 radical (unpaired) electrons. The van der Waals surface area contributed by atoms with Crippen LogP contribution in [0.25, 0.3) is 132 Å². The smallest absolute Gasteiger partial charge is 0.209 e. The Morgan fingerprint density at radius 3 is 0.862 bits per heavy atom. The molecule has 450 valence electrons. The van der Waals surface area contributed by atoms with E-state index in [1.165, 1.54) is 72.8 Å². The van der Waals surface area contributed by atoms with Crippen LogP contribution >= 0.6 is 0 Å². The molecule has 6 heterocycles. The van der Waals surface area contributed by atoms with Crippen molar-refractivity contribution in [1.82, 2.24) is 18.3 Å². The topological polar surface area (TPSA) is 156 Å². The van der Waals surface area contributed by atoms with Crippen LogP contribution in [-0.4, -0.2) is 51.9 Å². The highest BCUT2D eigenvalue weighted by Gasteiger charge is 2.42. The van der Waals surface area contributed by atoms with Gasteiger partial charge in [0, 0.05) is 77.0 Å². The molecule has 13 aromatic carbocycles. The van der Waals surface area contributed by atoms with E-state index in [1.54, 1.807) is 12.1 Å². The molecule has 2 aliphatic heterocycles. The second-order valence-electron chi connectivity index (χ2n) is 23.9. The summed E-state index contributed by atoms with van der Waals surface area (Å²) in [6.45, 7) is 0. The fourth-order valence-corrected chi connectivity index (χ4v) is 23.5. The van der Waals surface area contributed by atoms with Gasteiger partial charge in [-0.15, -0.1) is 0 Å². The van der Waals surface area contributed by atoms with Crippen molar-refractivity contribution < 1.29 is 33.7 Å². The summed E-state index contributed by atoms with van der Waals surface area (Å²) in [6.07, 6.45) is 0. The Hall–Kier alpha value is -11.1. The van der Waals surface area contributed by atoms with E-state index < -0.39 is 39.3 Å². The molecule has 0 bridgehead atoms. The molecule has 0 aliphatic carbocycles. The minimum atomic E-state index is -4.50. The summed E-state index contributed by atoms with van der Waals surface area (Å²) in [7, 11) is -17.7. The lowest BCUT2D eigenvalue weighted by molar-refractivity contribution is 0.570. The second-order valence-corrected chi connectivity index (χ2v) is 31.5. The Labute approximate surface area is 538 Å². The van der Waals surface area contributed by atoms with Crippen LogP contribution in [0.4, 0.5) is 0 Å². The molecular weight excluding hydrogens is 1250 g/mol. The molecule has 0 atom stereocenters. The van der Waals surface area contributed by atoms with Gasteiger partial charge in [0.1, 0.15) is 0 Å². The fourth-order valence-electron chi connectivity index (χ4n) is 15.2. The van der Waals surface area contributed by atoms with Crippen molar-refractivity contribution in [3.63, 3.8) is 0 Å². The third-order valence-electron chi connectivity index (χ3n) is 19.1. The average molecular weight is 1300 g/mol. The number of sulfone groups is 4. The molecule has 4 aromatic heterocycles. The molecule has 0 unspecified atom stereocenters. The molecule has 0 saturated carbocycles. The highest BCUT2D eigenvalue weighted by atomic mass is 32.2. The summed E-state index contributed by atoms with van der Waals surface area (Å²) >= 11 is 0. The monoisotopic (exact) mass is 1290 g/mol. The van der Waals surface area contributed by atoms with Crippen molar-refractivity contribution in [2.24, 2.45) is 0 Å². The van der Waals surface area contributed by atoms with Crippen LogP contribution in [0.15, 0.2) is 318 Å². The van der Waals surface area contributed by atoms with Gasteiger partial charge in [-0.05, 0) is 145 Å². The first-order valence-electron chi connectivity index (χ1n) is 30.4. The van der Waals surface area contributed by atoms with Crippen LogP contribution in [0.1, 0.15) is 0 Å². The standard InChI is InChI=1S/C78H46N4O8S4/c83-91(84)65-31-15-17-33-67(65)93(87,88)71-43-47(35-41-69(71)91)73-76-56-26-10-14-30-62(56)82(52-38-40-64-58(46-52)54-24-8-12-28-60(54)80(64)50-21-5-2-6-22-50)78(76)74(48-36-42-70-72(44-48)94(89,90)68-34-18-16-32-66(68)92(70,85)86)75-55-25-9-13-29-61(55)81(77(73)75)51-37-39-63-57(45-51)53-23-7-11-27-59(53)79(63)49-19-3-1-4-20-49/h1-46H. The summed E-state index contributed by atoms with van der Waals surface area (Å²) in [5, 5.41) is 6.55. The molecule has 12 nitrogen and oxygen atoms in total. The number of fused-ring (bicyclic) bond motifs is 16. The molecule has 0 N–H and O–H groups in total. The lowest BCUT2D eigenvalue weighted by Gasteiger charge is -2.23. The predicted molar refractivity (Wildman–Crippen MR) is 369 cm³/mol. The van der Waals surface area contributed by atoms with E-state index in [-0.39, 0.29) is 39.2 Å². The van der Waals surface area contributed by atoms with E-state index in [4.69, 9.17) is 0 Å². The number of aromatic nitrogens is 4. The van der Waals surface area contributed by atoms with Gasteiger partial charge < -0.3 is 18.3 Å². The summed E-state index contributed by atoms with van der Waals surface area (Å²) in [5.41, 5.74) is 11.7. The first-order chi connectivity index (χ1) is 45.7. The Morgan fingerprint density at radius 2 is 0.489 bits per heavy atom. The van der Waals surface area contributed by atoms with Crippen molar-refractivity contribution in [1.29, 1.82) is 0 Å². The van der Waals surface area contributed by atoms with Gasteiger partial charge >= 0.3 is 0 Å². The number of hydrogen-bond donors (Lipinski definition) is 0. The summed E-state index contributed by atoms with van der Waals surface area (Å²) < 4.78 is 129. The van der Waals surface area contributed by atoms with Crippen molar-refractivity contribution in [2.45, 2.75) is 39.2 Å². The zero-order valence-electron chi connectivity index (χ0n) is 49.2. The summed E-state index contributed by atoms with van der Waals surface area (Å²) in [6, 6.07) is 85.9. The van der Waals surface area contributed by atoms with Gasteiger partial charge in [-0.3, -0.25) is 0 Å². The Morgan fingerprint density at radius 1 is 0.202 bits per heavy atom. The van der Waals surface area contributed by atoms with Crippen LogP contribution in [0, 0.1) is 0 Å². The normalized spacial score (nSPS) is 15.1. The number of rotatable bonds is 6. The molecule has 0 amide bonds. The quantitative estimate of drug-likeness (QED) is 0.159.